The van der Waals surface area contributed by atoms with Crippen LogP contribution in [0.1, 0.15) is 16.3 Å². The zero-order chi connectivity index (χ0) is 7.84. The average molecular weight is 149 g/mol. The van der Waals surface area contributed by atoms with Crippen LogP contribution in [0.25, 0.3) is 11.2 Å². The summed E-state index contributed by atoms with van der Waals surface area (Å²) >= 11 is 0. The largest absolute Gasteiger partial charge is 0.341 e. The highest BCUT2D eigenvalue weighted by Crippen LogP contribution is 2.10. The first-order valence-corrected chi connectivity index (χ1v) is 3.30. The Balaban J connectivity index is 2.72. The lowest BCUT2D eigenvalue weighted by atomic mass is 10.4. The third-order valence-corrected chi connectivity index (χ3v) is 1.54. The van der Waals surface area contributed by atoms with Gasteiger partial charge in [0.1, 0.15) is 5.82 Å². The van der Waals surface area contributed by atoms with Crippen LogP contribution in [0.15, 0.2) is 6.07 Å². The zero-order valence-corrected chi connectivity index (χ0v) is 6.01. The minimum atomic E-state index is 0.554. The number of hydrogen-bond acceptors (Lipinski definition) is 2. The summed E-state index contributed by atoms with van der Waals surface area (Å²) in [4.78, 5) is 20.3. The van der Waals surface area contributed by atoms with Crippen molar-refractivity contribution in [1.29, 1.82) is 0 Å². The summed E-state index contributed by atoms with van der Waals surface area (Å²) in [6, 6.07) is 1.74. The third-order valence-electron chi connectivity index (χ3n) is 1.54. The molecule has 0 aromatic carbocycles. The molecule has 2 heterocycles. The van der Waals surface area contributed by atoms with Crippen LogP contribution in [0.5, 0.6) is 0 Å². The van der Waals surface area contributed by atoms with Gasteiger partial charge in [0.25, 0.3) is 0 Å². The lowest BCUT2D eigenvalue weighted by Crippen LogP contribution is -1.78. The second-order valence-electron chi connectivity index (χ2n) is 2.43. The topological polar surface area (TPSA) is 61.5 Å². The molecule has 0 saturated carbocycles. The Morgan fingerprint density at radius 2 is 2.36 bits per heavy atom. The molecule has 4 heteroatoms. The summed E-state index contributed by atoms with van der Waals surface area (Å²) in [6.45, 7) is 1.87. The minimum absolute atomic E-state index is 0.554. The van der Waals surface area contributed by atoms with E-state index in [2.05, 4.69) is 15.0 Å². The van der Waals surface area contributed by atoms with Gasteiger partial charge < -0.3 is 9.97 Å². The maximum atomic E-state index is 10.3. The Kier molecular flexibility index (Phi) is 1.09. The molecular weight excluding hydrogens is 142 g/mol. The number of aryl methyl sites for hydroxylation is 1. The van der Waals surface area contributed by atoms with E-state index >= 15 is 0 Å². The highest BCUT2D eigenvalue weighted by molar-refractivity contribution is 5.83. The fourth-order valence-electron chi connectivity index (χ4n) is 1.10. The van der Waals surface area contributed by atoms with Crippen molar-refractivity contribution in [2.45, 2.75) is 6.92 Å². The van der Waals surface area contributed by atoms with Gasteiger partial charge in [-0.1, -0.05) is 0 Å². The van der Waals surface area contributed by atoms with Crippen molar-refractivity contribution in [2.75, 3.05) is 0 Å². The first-order valence-electron chi connectivity index (χ1n) is 3.30. The smallest absolute Gasteiger partial charge is 0.166 e. The lowest BCUT2D eigenvalue weighted by molar-refractivity contribution is 0.111. The molecule has 2 aromatic heterocycles. The number of aldehydes is 1. The number of fused-ring (bicyclic) bond motifs is 1. The van der Waals surface area contributed by atoms with Crippen molar-refractivity contribution in [2.24, 2.45) is 0 Å². The monoisotopic (exact) mass is 149 g/mol. The molecule has 0 bridgehead atoms. The summed E-state index contributed by atoms with van der Waals surface area (Å²) in [5.41, 5.74) is 2.17. The second-order valence-corrected chi connectivity index (χ2v) is 2.43. The van der Waals surface area contributed by atoms with Gasteiger partial charge in [0.15, 0.2) is 11.9 Å². The van der Waals surface area contributed by atoms with Gasteiger partial charge >= 0.3 is 0 Å². The van der Waals surface area contributed by atoms with Gasteiger partial charge in [-0.15, -0.1) is 0 Å². The molecule has 2 aromatic rings. The van der Waals surface area contributed by atoms with Gasteiger partial charge in [-0.25, -0.2) is 4.98 Å². The SMILES string of the molecule is Cc1nc2[nH]c(C=O)cc2[nH]1. The van der Waals surface area contributed by atoms with Crippen LogP contribution in [0.3, 0.4) is 0 Å². The minimum Gasteiger partial charge on any atom is -0.341 e. The molecule has 0 amide bonds. The quantitative estimate of drug-likeness (QED) is 0.594. The number of hydrogen-bond donors (Lipinski definition) is 2. The Morgan fingerprint density at radius 1 is 1.55 bits per heavy atom. The molecule has 0 atom stereocenters. The van der Waals surface area contributed by atoms with Crippen molar-refractivity contribution >= 4 is 17.5 Å². The molecule has 56 valence electrons. The summed E-state index contributed by atoms with van der Waals surface area (Å²) in [6.07, 6.45) is 0.769. The molecule has 0 spiro atoms. The van der Waals surface area contributed by atoms with E-state index in [0.717, 1.165) is 23.3 Å². The molecule has 0 aliphatic rings. The molecular formula is C7H7N3O. The van der Waals surface area contributed by atoms with Crippen LogP contribution in [-0.2, 0) is 0 Å². The first kappa shape index (κ1) is 6.15. The second kappa shape index (κ2) is 1.95. The highest BCUT2D eigenvalue weighted by Gasteiger charge is 2.02. The van der Waals surface area contributed by atoms with E-state index in [9.17, 15) is 4.79 Å². The maximum Gasteiger partial charge on any atom is 0.166 e. The van der Waals surface area contributed by atoms with Gasteiger partial charge in [-0.2, -0.15) is 0 Å². The van der Waals surface area contributed by atoms with Gasteiger partial charge in [0, 0.05) is 0 Å². The van der Waals surface area contributed by atoms with E-state index in [4.69, 9.17) is 0 Å². The van der Waals surface area contributed by atoms with Crippen molar-refractivity contribution in [3.05, 3.63) is 17.6 Å². The number of carbonyl (C=O) groups excluding carboxylic acids is 1. The molecule has 0 aliphatic carbocycles. The Labute approximate surface area is 62.6 Å². The number of imidazole rings is 1. The Hall–Kier alpha value is -1.58. The zero-order valence-electron chi connectivity index (χ0n) is 6.01. The molecule has 0 radical (unpaired) electrons. The maximum absolute atomic E-state index is 10.3. The van der Waals surface area contributed by atoms with Crippen LogP contribution in [0.4, 0.5) is 0 Å². The van der Waals surface area contributed by atoms with E-state index < -0.39 is 0 Å². The van der Waals surface area contributed by atoms with Crippen LogP contribution in [0.2, 0.25) is 0 Å². The van der Waals surface area contributed by atoms with Crippen molar-refractivity contribution in [3.8, 4) is 0 Å². The summed E-state index contributed by atoms with van der Waals surface area (Å²) in [5.74, 6) is 0.851. The summed E-state index contributed by atoms with van der Waals surface area (Å²) < 4.78 is 0. The van der Waals surface area contributed by atoms with E-state index in [-0.39, 0.29) is 0 Å². The van der Waals surface area contributed by atoms with E-state index in [1.54, 1.807) is 6.07 Å². The molecule has 0 fully saturated rings. The number of carbonyl (C=O) groups is 1. The Bertz CT molecular complexity index is 367. The van der Waals surface area contributed by atoms with Crippen LogP contribution >= 0.6 is 0 Å². The number of aromatic amines is 2. The van der Waals surface area contributed by atoms with E-state index in [1.165, 1.54) is 0 Å². The number of nitrogens with one attached hydrogen (secondary N) is 2. The lowest BCUT2D eigenvalue weighted by Gasteiger charge is -1.77. The molecule has 0 unspecified atom stereocenters. The van der Waals surface area contributed by atoms with Crippen LogP contribution in [-0.4, -0.2) is 21.2 Å². The molecule has 11 heavy (non-hydrogen) atoms. The van der Waals surface area contributed by atoms with Gasteiger partial charge in [-0.05, 0) is 13.0 Å². The fraction of sp³-hybridized carbons (Fsp3) is 0.143. The van der Waals surface area contributed by atoms with Gasteiger partial charge in [0.2, 0.25) is 0 Å². The normalized spacial score (nSPS) is 10.6. The number of aromatic nitrogens is 3. The molecule has 0 saturated heterocycles. The standard InChI is InChI=1S/C7H7N3O/c1-4-8-6-2-5(3-11)10-7(6)9-4/h2-3,10H,1H3,(H,8,9). The first-order chi connectivity index (χ1) is 5.29. The van der Waals surface area contributed by atoms with E-state index in [0.29, 0.717) is 5.69 Å². The molecule has 0 aliphatic heterocycles. The fourth-order valence-corrected chi connectivity index (χ4v) is 1.10. The predicted octanol–water partition coefficient (Wildman–Crippen LogP) is 1.01. The van der Waals surface area contributed by atoms with Crippen LogP contribution in [0, 0.1) is 6.92 Å². The average Bonchev–Trinajstić information content (AvgIpc) is 2.43. The van der Waals surface area contributed by atoms with Crippen molar-refractivity contribution < 1.29 is 4.79 Å². The molecule has 4 nitrogen and oxygen atoms in total. The summed E-state index contributed by atoms with van der Waals surface area (Å²) in [7, 11) is 0. The highest BCUT2D eigenvalue weighted by atomic mass is 16.1. The molecule has 2 N–H and O–H groups in total. The summed E-state index contributed by atoms with van der Waals surface area (Å²) in [5, 5.41) is 0. The van der Waals surface area contributed by atoms with Gasteiger partial charge in [0.05, 0.1) is 11.2 Å². The number of nitrogens with zero attached hydrogens (tertiary/aromatic N) is 1. The van der Waals surface area contributed by atoms with Gasteiger partial charge in [-0.3, -0.25) is 4.79 Å². The van der Waals surface area contributed by atoms with Crippen LogP contribution < -0.4 is 0 Å². The predicted molar refractivity (Wildman–Crippen MR) is 40.6 cm³/mol. The van der Waals surface area contributed by atoms with Crippen molar-refractivity contribution in [1.82, 2.24) is 15.0 Å². The number of rotatable bonds is 1. The molecule has 2 rings (SSSR count). The van der Waals surface area contributed by atoms with E-state index in [1.807, 2.05) is 6.92 Å². The number of H-pyrrole nitrogens is 2. The third kappa shape index (κ3) is 0.832. The van der Waals surface area contributed by atoms with Crippen molar-refractivity contribution in [3.63, 3.8) is 0 Å². The Morgan fingerprint density at radius 3 is 3.00 bits per heavy atom.